The third-order valence-corrected chi connectivity index (χ3v) is 5.21. The molecule has 1 aromatic carbocycles. The van der Waals surface area contributed by atoms with Crippen LogP contribution in [0.25, 0.3) is 11.3 Å². The van der Waals surface area contributed by atoms with E-state index in [0.29, 0.717) is 30.8 Å². The molecule has 0 bridgehead atoms. The fraction of sp³-hybridized carbons (Fsp3) is 0.273. The molecule has 0 radical (unpaired) electrons. The minimum atomic E-state index is -0.574. The summed E-state index contributed by atoms with van der Waals surface area (Å²) in [5.41, 5.74) is 8.43. The Hall–Kier alpha value is -3.48. The lowest BCUT2D eigenvalue weighted by atomic mass is 10.00. The molecule has 1 atom stereocenters. The monoisotopic (exact) mass is 389 g/mol. The van der Waals surface area contributed by atoms with Crippen LogP contribution in [0.1, 0.15) is 35.2 Å². The molecule has 4 rings (SSSR count). The van der Waals surface area contributed by atoms with Crippen molar-refractivity contribution in [1.82, 2.24) is 19.7 Å². The molecule has 0 saturated carbocycles. The van der Waals surface area contributed by atoms with Crippen LogP contribution >= 0.6 is 0 Å². The number of hydrogen-bond acceptors (Lipinski definition) is 4. The number of carbonyl (C=O) groups is 2. The number of nitrogens with zero attached hydrogens (tertiary/aromatic N) is 4. The first-order valence-corrected chi connectivity index (χ1v) is 9.75. The molecule has 1 aliphatic heterocycles. The average molecular weight is 389 g/mol. The van der Waals surface area contributed by atoms with Crippen molar-refractivity contribution in [3.8, 4) is 11.3 Å². The molecule has 148 valence electrons. The summed E-state index contributed by atoms with van der Waals surface area (Å²) in [5, 5.41) is 4.67. The first-order chi connectivity index (χ1) is 14.1. The van der Waals surface area contributed by atoms with Crippen LogP contribution in [0.5, 0.6) is 0 Å². The summed E-state index contributed by atoms with van der Waals surface area (Å²) in [5.74, 6) is -0.677. The summed E-state index contributed by atoms with van der Waals surface area (Å²) in [6, 6.07) is 13.0. The molecule has 7 nitrogen and oxygen atoms in total. The van der Waals surface area contributed by atoms with Crippen molar-refractivity contribution in [2.45, 2.75) is 31.8 Å². The number of amides is 2. The van der Waals surface area contributed by atoms with Gasteiger partial charge in [0, 0.05) is 30.7 Å². The molecule has 29 heavy (non-hydrogen) atoms. The summed E-state index contributed by atoms with van der Waals surface area (Å²) in [7, 11) is 0. The molecule has 3 aromatic rings. The molecule has 2 aromatic heterocycles. The zero-order chi connectivity index (χ0) is 20.2. The van der Waals surface area contributed by atoms with Crippen LogP contribution in [0.3, 0.4) is 0 Å². The maximum Gasteiger partial charge on any atom is 0.258 e. The first-order valence-electron chi connectivity index (χ1n) is 9.75. The van der Waals surface area contributed by atoms with Gasteiger partial charge >= 0.3 is 0 Å². The van der Waals surface area contributed by atoms with E-state index in [2.05, 4.69) is 10.1 Å². The zero-order valence-electron chi connectivity index (χ0n) is 16.1. The van der Waals surface area contributed by atoms with E-state index in [-0.39, 0.29) is 5.91 Å². The number of rotatable bonds is 5. The van der Waals surface area contributed by atoms with Crippen molar-refractivity contribution in [2.75, 3.05) is 6.54 Å². The quantitative estimate of drug-likeness (QED) is 0.725. The maximum atomic E-state index is 13.4. The van der Waals surface area contributed by atoms with Gasteiger partial charge in [0.05, 0.1) is 12.1 Å². The highest BCUT2D eigenvalue weighted by atomic mass is 16.2. The average Bonchev–Trinajstić information content (AvgIpc) is 3.18. The third kappa shape index (κ3) is 4.03. The van der Waals surface area contributed by atoms with E-state index in [1.807, 2.05) is 42.5 Å². The van der Waals surface area contributed by atoms with Gasteiger partial charge in [-0.05, 0) is 37.0 Å². The third-order valence-electron chi connectivity index (χ3n) is 5.21. The molecule has 2 N–H and O–H groups in total. The second-order valence-corrected chi connectivity index (χ2v) is 7.23. The largest absolute Gasteiger partial charge is 0.368 e. The number of aromatic nitrogens is 3. The zero-order valence-corrected chi connectivity index (χ0v) is 16.1. The predicted octanol–water partition coefficient (Wildman–Crippen LogP) is 2.47. The molecule has 7 heteroatoms. The molecule has 1 unspecified atom stereocenters. The van der Waals surface area contributed by atoms with Crippen LogP contribution in [0, 0.1) is 0 Å². The van der Waals surface area contributed by atoms with E-state index in [1.54, 1.807) is 28.2 Å². The molecular formula is C22H23N5O2. The lowest BCUT2D eigenvalue weighted by molar-refractivity contribution is -0.123. The molecule has 2 amide bonds. The SMILES string of the molecule is NC(=O)C1CCCCN1C(=O)c1cn(Cc2ccccc2)nc1-c1cccnc1. The number of benzene rings is 1. The molecular weight excluding hydrogens is 366 g/mol. The van der Waals surface area contributed by atoms with Gasteiger partial charge in [-0.15, -0.1) is 0 Å². The van der Waals surface area contributed by atoms with Crippen LogP contribution in [-0.4, -0.2) is 44.1 Å². The van der Waals surface area contributed by atoms with Crippen LogP contribution in [0.4, 0.5) is 0 Å². The van der Waals surface area contributed by atoms with Crippen molar-refractivity contribution < 1.29 is 9.59 Å². The van der Waals surface area contributed by atoms with Gasteiger partial charge in [-0.25, -0.2) is 0 Å². The topological polar surface area (TPSA) is 94.1 Å². The van der Waals surface area contributed by atoms with E-state index in [0.717, 1.165) is 24.0 Å². The Bertz CT molecular complexity index is 1000. The maximum absolute atomic E-state index is 13.4. The second kappa shape index (κ2) is 8.26. The van der Waals surface area contributed by atoms with Crippen LogP contribution in [0.15, 0.2) is 61.1 Å². The molecule has 3 heterocycles. The molecule has 1 saturated heterocycles. The Morgan fingerprint density at radius 2 is 1.93 bits per heavy atom. The van der Waals surface area contributed by atoms with Crippen LogP contribution < -0.4 is 5.73 Å². The van der Waals surface area contributed by atoms with E-state index in [4.69, 9.17) is 5.73 Å². The summed E-state index contributed by atoms with van der Waals surface area (Å²) in [6.45, 7) is 1.06. The first kappa shape index (κ1) is 18.9. The highest BCUT2D eigenvalue weighted by Gasteiger charge is 2.33. The molecule has 0 aliphatic carbocycles. The number of nitrogens with two attached hydrogens (primary N) is 1. The molecule has 1 fully saturated rings. The summed E-state index contributed by atoms with van der Waals surface area (Å²) in [4.78, 5) is 31.1. The van der Waals surface area contributed by atoms with Crippen molar-refractivity contribution in [3.63, 3.8) is 0 Å². The summed E-state index contributed by atoms with van der Waals surface area (Å²) < 4.78 is 1.76. The van der Waals surface area contributed by atoms with Crippen LogP contribution in [-0.2, 0) is 11.3 Å². The lowest BCUT2D eigenvalue weighted by Gasteiger charge is -2.33. The second-order valence-electron chi connectivity index (χ2n) is 7.23. The number of likely N-dealkylation sites (tertiary alicyclic amines) is 1. The van der Waals surface area contributed by atoms with Gasteiger partial charge < -0.3 is 10.6 Å². The highest BCUT2D eigenvalue weighted by Crippen LogP contribution is 2.26. The van der Waals surface area contributed by atoms with Gasteiger partial charge in [-0.3, -0.25) is 19.3 Å². The fourth-order valence-electron chi connectivity index (χ4n) is 3.77. The Morgan fingerprint density at radius 3 is 2.66 bits per heavy atom. The van der Waals surface area contributed by atoms with Crippen LogP contribution in [0.2, 0.25) is 0 Å². The van der Waals surface area contributed by atoms with Crippen molar-refractivity contribution in [1.29, 1.82) is 0 Å². The van der Waals surface area contributed by atoms with E-state index < -0.39 is 11.9 Å². The minimum Gasteiger partial charge on any atom is -0.368 e. The summed E-state index contributed by atoms with van der Waals surface area (Å²) >= 11 is 0. The van der Waals surface area contributed by atoms with Gasteiger partial charge in [0.1, 0.15) is 11.7 Å². The van der Waals surface area contributed by atoms with Crippen molar-refractivity contribution in [2.24, 2.45) is 5.73 Å². The normalized spacial score (nSPS) is 16.6. The van der Waals surface area contributed by atoms with E-state index in [1.165, 1.54) is 0 Å². The summed E-state index contributed by atoms with van der Waals surface area (Å²) in [6.07, 6.45) is 7.47. The standard InChI is InChI=1S/C22H23N5O2/c23-21(28)19-10-4-5-12-27(19)22(29)18-15-26(14-16-7-2-1-3-8-16)25-20(18)17-9-6-11-24-13-17/h1-3,6-9,11,13,15,19H,4-5,10,12,14H2,(H2,23,28). The van der Waals surface area contributed by atoms with Gasteiger partial charge in [-0.2, -0.15) is 5.10 Å². The number of hydrogen-bond donors (Lipinski definition) is 1. The Morgan fingerprint density at radius 1 is 1.10 bits per heavy atom. The van der Waals surface area contributed by atoms with Crippen molar-refractivity contribution in [3.05, 3.63) is 72.2 Å². The number of carbonyl (C=O) groups excluding carboxylic acids is 2. The van der Waals surface area contributed by atoms with Crippen molar-refractivity contribution >= 4 is 11.8 Å². The lowest BCUT2D eigenvalue weighted by Crippen LogP contribution is -2.50. The number of pyridine rings is 1. The Balaban J connectivity index is 1.72. The Labute approximate surface area is 169 Å². The van der Waals surface area contributed by atoms with Gasteiger partial charge in [0.25, 0.3) is 5.91 Å². The smallest absolute Gasteiger partial charge is 0.258 e. The van der Waals surface area contributed by atoms with Gasteiger partial charge in [0.2, 0.25) is 5.91 Å². The number of primary amides is 1. The number of piperidine rings is 1. The Kier molecular flexibility index (Phi) is 5.37. The highest BCUT2D eigenvalue weighted by molar-refractivity contribution is 6.01. The van der Waals surface area contributed by atoms with Gasteiger partial charge in [0.15, 0.2) is 0 Å². The van der Waals surface area contributed by atoms with E-state index in [9.17, 15) is 9.59 Å². The predicted molar refractivity (Wildman–Crippen MR) is 109 cm³/mol. The fourth-order valence-corrected chi connectivity index (χ4v) is 3.77. The van der Waals surface area contributed by atoms with Gasteiger partial charge in [-0.1, -0.05) is 30.3 Å². The molecule has 1 aliphatic rings. The minimum absolute atomic E-state index is 0.216. The molecule has 0 spiro atoms. The van der Waals surface area contributed by atoms with E-state index >= 15 is 0 Å².